The molecule has 2 aromatic carbocycles. The quantitative estimate of drug-likeness (QED) is 0.0157. The van der Waals surface area contributed by atoms with Crippen molar-refractivity contribution in [3.63, 3.8) is 0 Å². The summed E-state index contributed by atoms with van der Waals surface area (Å²) in [5.74, 6) is -15.1. The fourth-order valence-corrected chi connectivity index (χ4v) is 12.8. The molecule has 13 amide bonds. The van der Waals surface area contributed by atoms with Crippen LogP contribution in [0.3, 0.4) is 0 Å². The minimum Gasteiger partial charge on any atom is -0.508 e. The highest BCUT2D eigenvalue weighted by Crippen LogP contribution is 2.24. The lowest BCUT2D eigenvalue weighted by molar-refractivity contribution is -0.144. The molecule has 2 aliphatic heterocycles. The maximum atomic E-state index is 14.3. The van der Waals surface area contributed by atoms with Crippen molar-refractivity contribution in [2.24, 2.45) is 5.73 Å². The first-order valence-electron chi connectivity index (χ1n) is 31.5. The Morgan fingerprint density at radius 3 is 1.86 bits per heavy atom. The number of carbonyl (C=O) groups excluding carboxylic acids is 15. The number of thiol groups is 1. The van der Waals surface area contributed by atoms with E-state index in [9.17, 15) is 97.1 Å². The molecule has 2 saturated heterocycles. The smallest absolute Gasteiger partial charge is 0.326 e. The molecule has 0 aliphatic carbocycles. The van der Waals surface area contributed by atoms with Crippen LogP contribution in [0.2, 0.25) is 0 Å². The summed E-state index contributed by atoms with van der Waals surface area (Å²) in [7, 11) is 2.75. The van der Waals surface area contributed by atoms with Crippen molar-refractivity contribution in [1.82, 2.24) is 68.7 Å². The number of esters is 1. The Balaban J connectivity index is 1.42. The molecule has 4 rings (SSSR count). The van der Waals surface area contributed by atoms with Crippen LogP contribution in [-0.2, 0) is 94.3 Å². The zero-order valence-electron chi connectivity index (χ0n) is 55.4. The third-order valence-corrected chi connectivity index (χ3v) is 18.7. The fourth-order valence-electron chi connectivity index (χ4n) is 9.64. The largest absolute Gasteiger partial charge is 0.508 e. The van der Waals surface area contributed by atoms with Gasteiger partial charge in [-0.2, -0.15) is 0 Å². The molecule has 0 bridgehead atoms. The molecular formula is C61H86N14O21S4. The zero-order valence-corrected chi connectivity index (χ0v) is 58.7. The highest BCUT2D eigenvalue weighted by Gasteiger charge is 2.41. The average Bonchev–Trinajstić information content (AvgIpc) is 1.62. The van der Waals surface area contributed by atoms with Crippen LogP contribution in [0.4, 0.5) is 0 Å². The number of nitrogens with zero attached hydrogens (tertiary/aromatic N) is 1. The number of rotatable bonds is 29. The third-order valence-electron chi connectivity index (χ3n) is 15.3. The summed E-state index contributed by atoms with van der Waals surface area (Å²) in [6, 6.07) is -7.76. The molecule has 39 heteroatoms. The minimum absolute atomic E-state index is 0.0139. The van der Waals surface area contributed by atoms with Gasteiger partial charge in [-0.25, -0.2) is 4.79 Å². The molecular weight excluding hydrogens is 1390 g/mol. The van der Waals surface area contributed by atoms with Crippen LogP contribution in [0.25, 0.3) is 0 Å². The number of aliphatic hydroxyl groups is 1. The summed E-state index contributed by atoms with van der Waals surface area (Å²) in [6.07, 6.45) is -2.75. The Hall–Kier alpha value is -8.92. The van der Waals surface area contributed by atoms with E-state index in [1.807, 2.05) is 0 Å². The van der Waals surface area contributed by atoms with E-state index in [0.717, 1.165) is 44.2 Å². The van der Waals surface area contributed by atoms with E-state index in [-0.39, 0.29) is 80.4 Å². The van der Waals surface area contributed by atoms with E-state index in [1.165, 1.54) is 76.2 Å². The van der Waals surface area contributed by atoms with Gasteiger partial charge in [0.1, 0.15) is 90.3 Å². The number of hydrogen-bond donors (Lipinski definition) is 18. The summed E-state index contributed by atoms with van der Waals surface area (Å²) in [5, 5.41) is 68.8. The standard InChI is InChI=1S/C61H86N14O21S4/c1-7-96-47(81)19-18-39-54(87)71-41(23-34-10-14-36(78)15-11-34)55(88)66-31(4)51(84)73-44(28-100-99-26-38(62)53(86)65-30(3)50(83)69-39)57(90)70-40(20-22-76)60(93)75-21-8-9-45(75)58(91)67-29(2)49(82)64-32(5)52(85)74-48(33(6)77)59(92)63-25-46(80)68-43(27-98-97)56(89)72-42(61(94)95)24-35-12-16-37(79)17-13-35/h10-17,22,29-33,38-45,48,77-79,97H,7-9,18-21,23-28,62H2,1-6H3,(H,63,92)(H,64,82)(H,65,86)(H,66,88)(H,67,91)(H,68,80)(H,69,83)(H,70,90)(H,71,87)(H,72,89)(H,73,84)(H,74,85)(H,94,95)/t29-,30-,31-,32-,33-,38-,39-,40-,41-,42-,43-,44-,45-,48-/m0/s1. The van der Waals surface area contributed by atoms with Gasteiger partial charge in [-0.15, -0.1) is 11.7 Å². The van der Waals surface area contributed by atoms with Crippen molar-refractivity contribution in [1.29, 1.82) is 0 Å². The number of aliphatic hydroxyl groups excluding tert-OH is 1. The van der Waals surface area contributed by atoms with E-state index in [1.54, 1.807) is 6.92 Å². The second-order valence-corrected chi connectivity index (χ2v) is 27.2. The Kier molecular flexibility index (Phi) is 34.7. The Morgan fingerprint density at radius 2 is 1.26 bits per heavy atom. The first kappa shape index (κ1) is 83.5. The van der Waals surface area contributed by atoms with Crippen LogP contribution >= 0.6 is 44.0 Å². The number of nitrogens with one attached hydrogen (secondary N) is 12. The van der Waals surface area contributed by atoms with Crippen LogP contribution in [-0.4, -0.2) is 242 Å². The van der Waals surface area contributed by atoms with Gasteiger partial charge in [-0.3, -0.25) is 67.1 Å². The van der Waals surface area contributed by atoms with Crippen LogP contribution < -0.4 is 69.5 Å². The molecule has 18 N–H and O–H groups in total. The van der Waals surface area contributed by atoms with Gasteiger partial charge in [0.25, 0.3) is 0 Å². The van der Waals surface area contributed by atoms with Gasteiger partial charge in [0, 0.05) is 49.5 Å². The van der Waals surface area contributed by atoms with Gasteiger partial charge >= 0.3 is 11.9 Å². The Labute approximate surface area is 591 Å². The molecule has 0 unspecified atom stereocenters. The van der Waals surface area contributed by atoms with Gasteiger partial charge in [0.15, 0.2) is 0 Å². The number of hydrogen-bond acceptors (Lipinski definition) is 25. The average molecular weight is 1480 g/mol. The lowest BCUT2D eigenvalue weighted by Gasteiger charge is -2.30. The van der Waals surface area contributed by atoms with Gasteiger partial charge in [-0.05, 0) is 96.2 Å². The highest BCUT2D eigenvalue weighted by atomic mass is 33.1. The molecule has 2 fully saturated rings. The van der Waals surface area contributed by atoms with E-state index < -0.39 is 186 Å². The van der Waals surface area contributed by atoms with Crippen LogP contribution in [0.15, 0.2) is 48.5 Å². The van der Waals surface area contributed by atoms with Gasteiger partial charge < -0.3 is 104 Å². The number of likely N-dealkylation sites (tertiary alicyclic amines) is 1. The molecule has 35 nitrogen and oxygen atoms in total. The number of amides is 13. The van der Waals surface area contributed by atoms with E-state index in [2.05, 4.69) is 75.5 Å². The number of carboxylic acids is 1. The molecule has 14 atom stereocenters. The predicted octanol–water partition coefficient (Wildman–Crippen LogP) is -4.90. The molecule has 0 saturated carbocycles. The number of nitrogens with two attached hydrogens (primary N) is 1. The zero-order chi connectivity index (χ0) is 74.5. The lowest BCUT2D eigenvalue weighted by Crippen LogP contribution is -2.60. The molecule has 0 aromatic heterocycles. The summed E-state index contributed by atoms with van der Waals surface area (Å²) >= 11 is 4.03. The molecule has 2 aliphatic rings. The number of aldehydes is 1. The Bertz CT molecular complexity index is 3270. The predicted molar refractivity (Wildman–Crippen MR) is 366 cm³/mol. The molecule has 100 heavy (non-hydrogen) atoms. The van der Waals surface area contributed by atoms with Crippen LogP contribution in [0.5, 0.6) is 11.5 Å². The van der Waals surface area contributed by atoms with Crippen molar-refractivity contribution in [2.45, 2.75) is 171 Å². The number of benzene rings is 2. The molecule has 0 spiro atoms. The summed E-state index contributed by atoms with van der Waals surface area (Å²) in [4.78, 5) is 215. The summed E-state index contributed by atoms with van der Waals surface area (Å²) < 4.78 is 5.00. The topological polar surface area (TPSA) is 537 Å². The number of carboxylic acid groups (broad SMARTS) is 1. The Morgan fingerprint density at radius 1 is 0.690 bits per heavy atom. The summed E-state index contributed by atoms with van der Waals surface area (Å²) in [6.45, 7) is 6.86. The maximum Gasteiger partial charge on any atom is 0.326 e. The van der Waals surface area contributed by atoms with E-state index in [4.69, 9.17) is 10.5 Å². The fraction of sp³-hybridized carbons (Fsp3) is 0.541. The first-order chi connectivity index (χ1) is 47.3. The van der Waals surface area contributed by atoms with E-state index >= 15 is 0 Å². The van der Waals surface area contributed by atoms with Crippen molar-refractivity contribution >= 4 is 139 Å². The van der Waals surface area contributed by atoms with Crippen LogP contribution in [0, 0.1) is 0 Å². The normalized spacial score (nSPS) is 21.6. The highest BCUT2D eigenvalue weighted by molar-refractivity contribution is 8.76. The molecule has 0 radical (unpaired) electrons. The number of phenolic OH excluding ortho intramolecular Hbond substituents is 2. The maximum absolute atomic E-state index is 14.3. The number of aromatic hydroxyl groups is 2. The van der Waals surface area contributed by atoms with Crippen molar-refractivity contribution in [3.8, 4) is 11.5 Å². The molecule has 550 valence electrons. The number of ether oxygens (including phenoxy) is 1. The summed E-state index contributed by atoms with van der Waals surface area (Å²) in [5.41, 5.74) is 7.05. The van der Waals surface area contributed by atoms with E-state index in [0.29, 0.717) is 17.4 Å². The lowest BCUT2D eigenvalue weighted by atomic mass is 10.0. The minimum atomic E-state index is -1.72. The monoisotopic (exact) mass is 1480 g/mol. The molecule has 2 aromatic rings. The van der Waals surface area contributed by atoms with Crippen molar-refractivity contribution in [3.05, 3.63) is 59.7 Å². The van der Waals surface area contributed by atoms with Gasteiger partial charge in [-0.1, -0.05) is 56.6 Å². The number of carbonyl (C=O) groups is 16. The number of phenols is 2. The van der Waals surface area contributed by atoms with Crippen LogP contribution in [0.1, 0.15) is 84.8 Å². The van der Waals surface area contributed by atoms with Gasteiger partial charge in [0.05, 0.1) is 25.3 Å². The molecule has 2 heterocycles. The van der Waals surface area contributed by atoms with Crippen molar-refractivity contribution < 1.29 is 102 Å². The second kappa shape index (κ2) is 41.6. The third kappa shape index (κ3) is 27.3. The SMILES string of the molecule is CCOC(=O)CC[C@@H]1NC(=O)[C@H](C)NC(=O)[C@@H](N)CSSC[C@@H](C(=O)N[C@@H](CC=O)C(=O)N2CCC[C@H]2C(=O)N[C@@H](C)C(=O)N[C@@H](C)C(=O)N[C@H](C(=O)NCC(=O)N[C@@H](CSS)C(=O)N[C@@H](Cc2ccc(O)cc2)C(=O)O)[C@H](C)O)NC(=O)[C@H](C)NC(=O)[C@H](Cc2ccc(O)cc2)NC1=O. The van der Waals surface area contributed by atoms with Crippen molar-refractivity contribution in [2.75, 3.05) is 37.0 Å². The second-order valence-electron chi connectivity index (χ2n) is 23.3. The first-order valence-corrected chi connectivity index (χ1v) is 36.0. The number of aliphatic carboxylic acids is 1. The van der Waals surface area contributed by atoms with Gasteiger partial charge in [0.2, 0.25) is 76.8 Å².